The molecule has 2 N–H and O–H groups in total. The van der Waals surface area contributed by atoms with Crippen molar-refractivity contribution in [1.82, 2.24) is 10.2 Å². The lowest BCUT2D eigenvalue weighted by atomic mass is 9.81. The van der Waals surface area contributed by atoms with Crippen molar-refractivity contribution in [2.45, 2.75) is 38.5 Å². The van der Waals surface area contributed by atoms with Gasteiger partial charge in [-0.05, 0) is 37.5 Å². The molecule has 1 aliphatic heterocycles. The van der Waals surface area contributed by atoms with Crippen LogP contribution in [0.15, 0.2) is 0 Å². The molecule has 1 saturated heterocycles. The average Bonchev–Trinajstić information content (AvgIpc) is 2.83. The smallest absolute Gasteiger partial charge is 0.311 e. The van der Waals surface area contributed by atoms with E-state index in [9.17, 15) is 14.7 Å². The number of carboxylic acid groups (broad SMARTS) is 1. The van der Waals surface area contributed by atoms with Gasteiger partial charge >= 0.3 is 5.97 Å². The van der Waals surface area contributed by atoms with Gasteiger partial charge in [0.25, 0.3) is 0 Å². The second-order valence-electron chi connectivity index (χ2n) is 6.82. The van der Waals surface area contributed by atoms with Crippen molar-refractivity contribution < 1.29 is 14.7 Å². The van der Waals surface area contributed by atoms with Crippen molar-refractivity contribution in [3.63, 3.8) is 0 Å². The summed E-state index contributed by atoms with van der Waals surface area (Å²) in [4.78, 5) is 25.5. The minimum atomic E-state index is -0.669. The van der Waals surface area contributed by atoms with Crippen molar-refractivity contribution in [3.05, 3.63) is 0 Å². The Morgan fingerprint density at radius 1 is 1.24 bits per heavy atom. The van der Waals surface area contributed by atoms with Crippen LogP contribution in [0.1, 0.15) is 38.5 Å². The van der Waals surface area contributed by atoms with Gasteiger partial charge in [-0.25, -0.2) is 0 Å². The van der Waals surface area contributed by atoms with Crippen LogP contribution in [0, 0.1) is 17.3 Å². The Kier molecular flexibility index (Phi) is 5.15. The first-order valence-electron chi connectivity index (χ1n) is 7.82. The van der Waals surface area contributed by atoms with Gasteiger partial charge in [-0.2, -0.15) is 0 Å². The molecule has 5 nitrogen and oxygen atoms in total. The molecular weight excluding hydrogens is 292 g/mol. The number of nitrogens with zero attached hydrogens (tertiary/aromatic N) is 1. The van der Waals surface area contributed by atoms with Gasteiger partial charge < -0.3 is 10.4 Å². The number of halogens is 1. The quantitative estimate of drug-likeness (QED) is 0.806. The average molecular weight is 317 g/mol. The van der Waals surface area contributed by atoms with E-state index in [1.165, 1.54) is 19.3 Å². The highest BCUT2D eigenvalue weighted by atomic mass is 35.5. The van der Waals surface area contributed by atoms with Gasteiger partial charge in [-0.15, -0.1) is 12.4 Å². The van der Waals surface area contributed by atoms with E-state index >= 15 is 0 Å². The lowest BCUT2D eigenvalue weighted by Gasteiger charge is -2.26. The van der Waals surface area contributed by atoms with Crippen LogP contribution in [-0.4, -0.2) is 48.1 Å². The van der Waals surface area contributed by atoms with E-state index in [0.29, 0.717) is 19.0 Å². The maximum absolute atomic E-state index is 11.9. The summed E-state index contributed by atoms with van der Waals surface area (Å²) in [7, 11) is 0. The number of likely N-dealkylation sites (tertiary alicyclic amines) is 1. The van der Waals surface area contributed by atoms with Crippen molar-refractivity contribution in [2.24, 2.45) is 17.3 Å². The molecule has 0 aromatic rings. The van der Waals surface area contributed by atoms with Crippen molar-refractivity contribution in [1.29, 1.82) is 0 Å². The highest BCUT2D eigenvalue weighted by Gasteiger charge is 2.54. The van der Waals surface area contributed by atoms with Crippen LogP contribution in [0.25, 0.3) is 0 Å². The Morgan fingerprint density at radius 3 is 2.57 bits per heavy atom. The highest BCUT2D eigenvalue weighted by Crippen LogP contribution is 2.48. The fourth-order valence-corrected chi connectivity index (χ4v) is 4.08. The summed E-state index contributed by atoms with van der Waals surface area (Å²) in [6.45, 7) is 2.46. The van der Waals surface area contributed by atoms with E-state index in [1.54, 1.807) is 0 Å². The maximum atomic E-state index is 11.9. The van der Waals surface area contributed by atoms with Gasteiger partial charge in [-0.3, -0.25) is 14.5 Å². The van der Waals surface area contributed by atoms with Gasteiger partial charge in [-0.1, -0.05) is 12.8 Å². The summed E-state index contributed by atoms with van der Waals surface area (Å²) in [6, 6.07) is 0. The third-order valence-corrected chi connectivity index (χ3v) is 5.55. The summed E-state index contributed by atoms with van der Waals surface area (Å²) in [5, 5.41) is 12.5. The molecule has 3 rings (SSSR count). The number of aliphatic carboxylic acids is 1. The number of carbonyl (C=O) groups excluding carboxylic acids is 1. The fourth-order valence-electron chi connectivity index (χ4n) is 4.08. The van der Waals surface area contributed by atoms with Crippen molar-refractivity contribution in [2.75, 3.05) is 26.2 Å². The van der Waals surface area contributed by atoms with E-state index in [-0.39, 0.29) is 24.2 Å². The summed E-state index contributed by atoms with van der Waals surface area (Å²) in [6.07, 6.45) is 6.52. The van der Waals surface area contributed by atoms with Crippen LogP contribution in [0.5, 0.6) is 0 Å². The van der Waals surface area contributed by atoms with Crippen molar-refractivity contribution in [3.8, 4) is 0 Å². The molecule has 3 fully saturated rings. The Balaban J connectivity index is 0.00000161. The lowest BCUT2D eigenvalue weighted by Crippen LogP contribution is -2.41. The number of nitrogens with one attached hydrogen (secondary N) is 1. The number of hydrogen-bond acceptors (Lipinski definition) is 3. The van der Waals surface area contributed by atoms with Gasteiger partial charge in [0, 0.05) is 19.6 Å². The normalized spacial score (nSPS) is 32.1. The lowest BCUT2D eigenvalue weighted by molar-refractivity contribution is -0.149. The summed E-state index contributed by atoms with van der Waals surface area (Å²) < 4.78 is 0. The van der Waals surface area contributed by atoms with Crippen LogP contribution >= 0.6 is 12.4 Å². The van der Waals surface area contributed by atoms with Crippen LogP contribution in [0.3, 0.4) is 0 Å². The second kappa shape index (κ2) is 6.53. The predicted octanol–water partition coefficient (Wildman–Crippen LogP) is 1.51. The maximum Gasteiger partial charge on any atom is 0.311 e. The Bertz CT molecular complexity index is 414. The SMILES string of the molecule is Cl.O=C(CN1C[C@@H]2CCC[C@@]2(C(=O)O)C1)NCC1CCC1. The van der Waals surface area contributed by atoms with Crippen LogP contribution in [-0.2, 0) is 9.59 Å². The van der Waals surface area contributed by atoms with E-state index in [4.69, 9.17) is 0 Å². The molecule has 2 aliphatic carbocycles. The molecule has 21 heavy (non-hydrogen) atoms. The molecule has 2 atom stereocenters. The summed E-state index contributed by atoms with van der Waals surface area (Å²) in [5.74, 6) is 0.288. The topological polar surface area (TPSA) is 69.6 Å². The molecule has 0 spiro atoms. The predicted molar refractivity (Wildman–Crippen MR) is 81.4 cm³/mol. The van der Waals surface area contributed by atoms with Crippen LogP contribution in [0.2, 0.25) is 0 Å². The molecule has 0 bridgehead atoms. The number of fused-ring (bicyclic) bond motifs is 1. The third-order valence-electron chi connectivity index (χ3n) is 5.55. The Labute approximate surface area is 131 Å². The van der Waals surface area contributed by atoms with E-state index in [0.717, 1.165) is 32.4 Å². The first-order chi connectivity index (χ1) is 9.60. The molecule has 1 amide bonds. The molecule has 0 radical (unpaired) electrons. The number of carbonyl (C=O) groups is 2. The third kappa shape index (κ3) is 3.19. The minimum absolute atomic E-state index is 0. The zero-order chi connectivity index (χ0) is 14.2. The molecule has 120 valence electrons. The largest absolute Gasteiger partial charge is 0.481 e. The number of carboxylic acids is 1. The van der Waals surface area contributed by atoms with Crippen molar-refractivity contribution >= 4 is 24.3 Å². The Morgan fingerprint density at radius 2 is 2.00 bits per heavy atom. The summed E-state index contributed by atoms with van der Waals surface area (Å²) >= 11 is 0. The first-order valence-corrected chi connectivity index (χ1v) is 7.82. The standard InChI is InChI=1S/C15H24N2O3.ClH/c18-13(16-7-11-3-1-4-11)9-17-8-12-5-2-6-15(12,10-17)14(19)20;/h11-12H,1-10H2,(H,16,18)(H,19,20);1H/t12-,15+;/m0./s1. The zero-order valence-corrected chi connectivity index (χ0v) is 13.2. The Hall–Kier alpha value is -0.810. The first kappa shape index (κ1) is 16.6. The molecule has 2 saturated carbocycles. The fraction of sp³-hybridized carbons (Fsp3) is 0.867. The van der Waals surface area contributed by atoms with E-state index < -0.39 is 11.4 Å². The van der Waals surface area contributed by atoms with Gasteiger partial charge in [0.1, 0.15) is 0 Å². The van der Waals surface area contributed by atoms with Crippen LogP contribution in [0.4, 0.5) is 0 Å². The van der Waals surface area contributed by atoms with E-state index in [2.05, 4.69) is 5.32 Å². The van der Waals surface area contributed by atoms with E-state index in [1.807, 2.05) is 4.90 Å². The molecule has 6 heteroatoms. The van der Waals surface area contributed by atoms with Crippen LogP contribution < -0.4 is 5.32 Å². The second-order valence-corrected chi connectivity index (χ2v) is 6.82. The number of hydrogen-bond donors (Lipinski definition) is 2. The summed E-state index contributed by atoms with van der Waals surface area (Å²) in [5.41, 5.74) is -0.575. The monoisotopic (exact) mass is 316 g/mol. The minimum Gasteiger partial charge on any atom is -0.481 e. The number of rotatable bonds is 5. The van der Waals surface area contributed by atoms with Gasteiger partial charge in [0.15, 0.2) is 0 Å². The number of amides is 1. The molecular formula is C15H25ClN2O3. The van der Waals surface area contributed by atoms with Gasteiger partial charge in [0.05, 0.1) is 12.0 Å². The molecule has 3 aliphatic rings. The highest BCUT2D eigenvalue weighted by molar-refractivity contribution is 5.85. The van der Waals surface area contributed by atoms with Gasteiger partial charge in [0.2, 0.25) is 5.91 Å². The zero-order valence-electron chi connectivity index (χ0n) is 12.3. The molecule has 1 heterocycles. The molecule has 0 aromatic carbocycles. The molecule has 0 unspecified atom stereocenters. The molecule has 0 aromatic heterocycles.